The molecular weight excluding hydrogens is 248 g/mol. The van der Waals surface area contributed by atoms with Crippen molar-refractivity contribution in [3.63, 3.8) is 0 Å². The molecule has 0 heterocycles. The van der Waals surface area contributed by atoms with Gasteiger partial charge in [0.05, 0.1) is 6.04 Å². The highest BCUT2D eigenvalue weighted by atomic mass is 35.5. The first-order chi connectivity index (χ1) is 8.58. The fourth-order valence-corrected chi connectivity index (χ4v) is 2.31. The van der Waals surface area contributed by atoms with E-state index in [-0.39, 0.29) is 0 Å². The molecule has 0 aromatic heterocycles. The number of rotatable bonds is 7. The number of carbonyl (C=O) groups excluding carboxylic acids is 1. The van der Waals surface area contributed by atoms with Gasteiger partial charge in [0.25, 0.3) is 0 Å². The van der Waals surface area contributed by atoms with Gasteiger partial charge in [-0.1, -0.05) is 19.1 Å². The lowest BCUT2D eigenvalue weighted by atomic mass is 9.92. The normalized spacial score (nSPS) is 20.4. The van der Waals surface area contributed by atoms with Crippen molar-refractivity contribution in [2.45, 2.75) is 39.2 Å². The number of hydrogen-bond donors (Lipinski definition) is 1. The number of hydrogen-bond acceptors (Lipinski definition) is 3. The van der Waals surface area contributed by atoms with Gasteiger partial charge in [0.1, 0.15) is 0 Å². The van der Waals surface area contributed by atoms with Crippen molar-refractivity contribution >= 4 is 16.8 Å². The molecule has 0 unspecified atom stereocenters. The first kappa shape index (κ1) is 15.3. The average Bonchev–Trinajstić information content (AvgIpc) is 2.37. The van der Waals surface area contributed by atoms with E-state index in [1.807, 2.05) is 0 Å². The number of halogens is 1. The first-order valence-electron chi connectivity index (χ1n) is 6.66. The Bertz CT molecular complexity index is 339. The van der Waals surface area contributed by atoms with Gasteiger partial charge in [0.2, 0.25) is 5.24 Å². The van der Waals surface area contributed by atoms with E-state index in [1.165, 1.54) is 5.70 Å². The number of nitrogens with zero attached hydrogens (tertiary/aromatic N) is 1. The zero-order valence-electron chi connectivity index (χ0n) is 11.2. The van der Waals surface area contributed by atoms with E-state index in [2.05, 4.69) is 37.0 Å². The highest BCUT2D eigenvalue weighted by molar-refractivity contribution is 6.64. The Morgan fingerprint density at radius 3 is 2.78 bits per heavy atom. The number of nitrogens with two attached hydrogens (primary N) is 1. The molecular formula is C14H23ClN2O. The molecule has 0 bridgehead atoms. The van der Waals surface area contributed by atoms with Crippen LogP contribution < -0.4 is 5.73 Å². The summed E-state index contributed by atoms with van der Waals surface area (Å²) < 4.78 is 0. The van der Waals surface area contributed by atoms with E-state index in [0.29, 0.717) is 12.3 Å². The summed E-state index contributed by atoms with van der Waals surface area (Å²) in [5.74, 6) is 0.326. The maximum Gasteiger partial charge on any atom is 0.238 e. The minimum absolute atomic E-state index is 0.326. The van der Waals surface area contributed by atoms with Gasteiger partial charge in [-0.05, 0) is 49.8 Å². The molecule has 1 aliphatic rings. The zero-order valence-corrected chi connectivity index (χ0v) is 12.0. The standard InChI is InChI=1S/C14H23ClN2O/c1-3-9-17(4-2)12-7-5-11(6-8-12)10-13(16)14(15)18/h5,7-8,11,13H,3-4,6,9-10,16H2,1-2H3/t11-,13+/m0/s1. The van der Waals surface area contributed by atoms with Gasteiger partial charge >= 0.3 is 0 Å². The monoisotopic (exact) mass is 270 g/mol. The number of likely N-dealkylation sites (N-methyl/N-ethyl adjacent to an activating group) is 1. The van der Waals surface area contributed by atoms with Gasteiger partial charge in [0.15, 0.2) is 0 Å². The summed E-state index contributed by atoms with van der Waals surface area (Å²) >= 11 is 5.38. The second-order valence-corrected chi connectivity index (χ2v) is 5.08. The van der Waals surface area contributed by atoms with Crippen LogP contribution in [0.2, 0.25) is 0 Å². The second kappa shape index (κ2) is 7.59. The van der Waals surface area contributed by atoms with Crippen LogP contribution in [0.4, 0.5) is 0 Å². The van der Waals surface area contributed by atoms with E-state index in [4.69, 9.17) is 17.3 Å². The van der Waals surface area contributed by atoms with Crippen LogP contribution in [0, 0.1) is 5.92 Å². The molecule has 102 valence electrons. The molecule has 0 aliphatic heterocycles. The van der Waals surface area contributed by atoms with Crippen LogP contribution in [0.3, 0.4) is 0 Å². The largest absolute Gasteiger partial charge is 0.372 e. The summed E-state index contributed by atoms with van der Waals surface area (Å²) in [6.07, 6.45) is 9.22. The molecule has 0 aromatic carbocycles. The molecule has 3 nitrogen and oxygen atoms in total. The quantitative estimate of drug-likeness (QED) is 0.724. The number of allylic oxidation sites excluding steroid dienone is 3. The molecule has 0 spiro atoms. The third-order valence-electron chi connectivity index (χ3n) is 3.26. The molecule has 2 N–H and O–H groups in total. The Hall–Kier alpha value is -0.800. The van der Waals surface area contributed by atoms with Gasteiger partial charge in [-0.25, -0.2) is 0 Å². The highest BCUT2D eigenvalue weighted by Gasteiger charge is 2.18. The number of carbonyl (C=O) groups is 1. The Kier molecular flexibility index (Phi) is 6.44. The molecule has 0 saturated carbocycles. The zero-order chi connectivity index (χ0) is 13.5. The predicted octanol–water partition coefficient (Wildman–Crippen LogP) is 2.66. The van der Waals surface area contributed by atoms with Crippen LogP contribution in [0.5, 0.6) is 0 Å². The molecule has 4 heteroatoms. The minimum atomic E-state index is -0.547. The Morgan fingerprint density at radius 1 is 1.61 bits per heavy atom. The molecule has 0 saturated heterocycles. The lowest BCUT2D eigenvalue weighted by molar-refractivity contribution is -0.113. The van der Waals surface area contributed by atoms with Crippen LogP contribution in [-0.2, 0) is 4.79 Å². The van der Waals surface area contributed by atoms with Crippen molar-refractivity contribution in [2.75, 3.05) is 13.1 Å². The molecule has 18 heavy (non-hydrogen) atoms. The highest BCUT2D eigenvalue weighted by Crippen LogP contribution is 2.23. The fraction of sp³-hybridized carbons (Fsp3) is 0.643. The van der Waals surface area contributed by atoms with Crippen LogP contribution in [0.1, 0.15) is 33.1 Å². The summed E-state index contributed by atoms with van der Waals surface area (Å²) in [4.78, 5) is 13.3. The minimum Gasteiger partial charge on any atom is -0.372 e. The maximum absolute atomic E-state index is 10.9. The molecule has 1 aliphatic carbocycles. The van der Waals surface area contributed by atoms with Gasteiger partial charge < -0.3 is 10.6 Å². The lowest BCUT2D eigenvalue weighted by Gasteiger charge is -2.27. The summed E-state index contributed by atoms with van der Waals surface area (Å²) in [6.45, 7) is 6.45. The first-order valence-corrected chi connectivity index (χ1v) is 7.04. The molecule has 0 radical (unpaired) electrons. The van der Waals surface area contributed by atoms with Crippen LogP contribution in [-0.4, -0.2) is 29.3 Å². The van der Waals surface area contributed by atoms with Crippen molar-refractivity contribution in [1.82, 2.24) is 4.90 Å². The smallest absolute Gasteiger partial charge is 0.238 e. The van der Waals surface area contributed by atoms with Gasteiger partial charge in [-0.15, -0.1) is 0 Å². The van der Waals surface area contributed by atoms with E-state index >= 15 is 0 Å². The topological polar surface area (TPSA) is 46.3 Å². The Labute approximate surface area is 115 Å². The van der Waals surface area contributed by atoms with Gasteiger partial charge in [-0.2, -0.15) is 0 Å². The summed E-state index contributed by atoms with van der Waals surface area (Å²) in [5.41, 5.74) is 6.95. The van der Waals surface area contributed by atoms with Gasteiger partial charge in [0, 0.05) is 18.8 Å². The third kappa shape index (κ3) is 4.46. The molecule has 2 atom stereocenters. The SMILES string of the molecule is CCCN(CC)C1=CC[C@@H](C[C@@H](N)C(=O)Cl)C=C1. The van der Waals surface area contributed by atoms with Crippen molar-refractivity contribution in [1.29, 1.82) is 0 Å². The van der Waals surface area contributed by atoms with E-state index in [9.17, 15) is 4.79 Å². The summed E-state index contributed by atoms with van der Waals surface area (Å²) in [7, 11) is 0. The van der Waals surface area contributed by atoms with Crippen LogP contribution >= 0.6 is 11.6 Å². The van der Waals surface area contributed by atoms with Gasteiger partial charge in [-0.3, -0.25) is 4.79 Å². The molecule has 0 aromatic rings. The van der Waals surface area contributed by atoms with Crippen molar-refractivity contribution in [3.8, 4) is 0 Å². The Morgan fingerprint density at radius 2 is 2.33 bits per heavy atom. The van der Waals surface area contributed by atoms with E-state index in [1.54, 1.807) is 0 Å². The third-order valence-corrected chi connectivity index (χ3v) is 3.54. The van der Waals surface area contributed by atoms with Crippen molar-refractivity contribution < 1.29 is 4.79 Å². The summed E-state index contributed by atoms with van der Waals surface area (Å²) in [6, 6.07) is -0.547. The Balaban J connectivity index is 2.50. The fourth-order valence-electron chi connectivity index (χ4n) is 2.22. The lowest BCUT2D eigenvalue weighted by Crippen LogP contribution is -2.30. The summed E-state index contributed by atoms with van der Waals surface area (Å²) in [5, 5.41) is -0.445. The molecule has 0 fully saturated rings. The molecule has 0 amide bonds. The second-order valence-electron chi connectivity index (χ2n) is 4.71. The van der Waals surface area contributed by atoms with E-state index < -0.39 is 11.3 Å². The van der Waals surface area contributed by atoms with Crippen molar-refractivity contribution in [2.24, 2.45) is 11.7 Å². The predicted molar refractivity (Wildman–Crippen MR) is 76.3 cm³/mol. The van der Waals surface area contributed by atoms with Crippen LogP contribution in [0.15, 0.2) is 23.9 Å². The van der Waals surface area contributed by atoms with E-state index in [0.717, 1.165) is 25.9 Å². The average molecular weight is 271 g/mol. The maximum atomic E-state index is 10.9. The molecule has 1 rings (SSSR count). The van der Waals surface area contributed by atoms with Crippen LogP contribution in [0.25, 0.3) is 0 Å². The van der Waals surface area contributed by atoms with Crippen molar-refractivity contribution in [3.05, 3.63) is 23.9 Å².